The molecular formula is C12H10O2. The van der Waals surface area contributed by atoms with E-state index in [0.717, 1.165) is 5.57 Å². The molecule has 2 rings (SSSR count). The summed E-state index contributed by atoms with van der Waals surface area (Å²) in [6, 6.07) is 1.67. The number of ketones is 1. The summed E-state index contributed by atoms with van der Waals surface area (Å²) in [5.74, 6) is -0.207. The molecule has 1 aliphatic carbocycles. The van der Waals surface area contributed by atoms with E-state index in [1.54, 1.807) is 6.07 Å². The molecule has 1 aromatic heterocycles. The Morgan fingerprint density at radius 1 is 1.43 bits per heavy atom. The number of hydrogen-bond donors (Lipinski definition) is 0. The van der Waals surface area contributed by atoms with Gasteiger partial charge < -0.3 is 4.42 Å². The third-order valence-electron chi connectivity index (χ3n) is 2.21. The molecule has 0 amide bonds. The van der Waals surface area contributed by atoms with Gasteiger partial charge in [0.1, 0.15) is 6.26 Å². The van der Waals surface area contributed by atoms with Crippen LogP contribution in [0.25, 0.3) is 0 Å². The second kappa shape index (κ2) is 3.50. The molecule has 70 valence electrons. The molecule has 2 nitrogen and oxygen atoms in total. The van der Waals surface area contributed by atoms with Gasteiger partial charge in [0.25, 0.3) is 0 Å². The molecule has 2 heteroatoms. The van der Waals surface area contributed by atoms with Crippen LogP contribution in [-0.4, -0.2) is 5.78 Å². The van der Waals surface area contributed by atoms with E-state index < -0.39 is 0 Å². The third-order valence-corrected chi connectivity index (χ3v) is 2.21. The maximum atomic E-state index is 11.9. The molecule has 0 spiro atoms. The molecule has 0 aromatic carbocycles. The second-order valence-electron chi connectivity index (χ2n) is 3.17. The molecule has 1 aliphatic rings. The van der Waals surface area contributed by atoms with Crippen molar-refractivity contribution in [1.29, 1.82) is 0 Å². The van der Waals surface area contributed by atoms with Crippen molar-refractivity contribution in [2.24, 2.45) is 5.92 Å². The summed E-state index contributed by atoms with van der Waals surface area (Å²) in [7, 11) is 0. The van der Waals surface area contributed by atoms with E-state index >= 15 is 0 Å². The van der Waals surface area contributed by atoms with E-state index in [0.29, 0.717) is 5.56 Å². The average Bonchev–Trinajstić information content (AvgIpc) is 2.70. The molecule has 1 aromatic rings. The van der Waals surface area contributed by atoms with Crippen molar-refractivity contribution in [2.45, 2.75) is 0 Å². The van der Waals surface area contributed by atoms with Crippen molar-refractivity contribution in [2.75, 3.05) is 0 Å². The number of furan rings is 1. The maximum absolute atomic E-state index is 11.9. The highest BCUT2D eigenvalue weighted by Gasteiger charge is 2.20. The molecular weight excluding hydrogens is 176 g/mol. The van der Waals surface area contributed by atoms with Crippen LogP contribution in [0.4, 0.5) is 0 Å². The van der Waals surface area contributed by atoms with Crippen molar-refractivity contribution in [3.8, 4) is 0 Å². The van der Waals surface area contributed by atoms with E-state index in [1.165, 1.54) is 12.5 Å². The van der Waals surface area contributed by atoms with Crippen molar-refractivity contribution < 1.29 is 9.21 Å². The monoisotopic (exact) mass is 186 g/mol. The minimum absolute atomic E-state index is 0.0318. The third kappa shape index (κ3) is 1.46. The van der Waals surface area contributed by atoms with Gasteiger partial charge in [-0.15, -0.1) is 0 Å². The van der Waals surface area contributed by atoms with Crippen LogP contribution in [0.1, 0.15) is 10.4 Å². The minimum atomic E-state index is -0.238. The molecule has 0 N–H and O–H groups in total. The van der Waals surface area contributed by atoms with Crippen LogP contribution in [0.15, 0.2) is 59.5 Å². The molecule has 0 radical (unpaired) electrons. The van der Waals surface area contributed by atoms with Crippen LogP contribution in [0.3, 0.4) is 0 Å². The van der Waals surface area contributed by atoms with Gasteiger partial charge in [0.2, 0.25) is 0 Å². The Morgan fingerprint density at radius 2 is 2.29 bits per heavy atom. The second-order valence-corrected chi connectivity index (χ2v) is 3.17. The highest BCUT2D eigenvalue weighted by Crippen LogP contribution is 2.21. The number of carbonyl (C=O) groups excluding carboxylic acids is 1. The lowest BCUT2D eigenvalue weighted by Gasteiger charge is -2.12. The summed E-state index contributed by atoms with van der Waals surface area (Å²) >= 11 is 0. The normalized spacial score (nSPS) is 20.0. The molecule has 0 aliphatic heterocycles. The average molecular weight is 186 g/mol. The standard InChI is InChI=1S/C12H10O2/c1-9-4-2-3-5-11(9)12(13)10-6-7-14-8-10/h2-8,11H,1H2. The predicted molar refractivity (Wildman–Crippen MR) is 53.9 cm³/mol. The predicted octanol–water partition coefficient (Wildman–Crippen LogP) is 2.76. The Balaban J connectivity index is 2.24. The number of hydrogen-bond acceptors (Lipinski definition) is 2. The van der Waals surface area contributed by atoms with E-state index in [1.807, 2.05) is 24.3 Å². The van der Waals surface area contributed by atoms with E-state index in [2.05, 4.69) is 6.58 Å². The fourth-order valence-electron chi connectivity index (χ4n) is 1.42. The first-order valence-electron chi connectivity index (χ1n) is 4.39. The topological polar surface area (TPSA) is 30.2 Å². The van der Waals surface area contributed by atoms with Crippen LogP contribution in [0, 0.1) is 5.92 Å². The molecule has 1 heterocycles. The Hall–Kier alpha value is -1.83. The molecule has 14 heavy (non-hydrogen) atoms. The van der Waals surface area contributed by atoms with Crippen LogP contribution in [-0.2, 0) is 0 Å². The molecule has 1 unspecified atom stereocenters. The Bertz CT molecular complexity index is 408. The van der Waals surface area contributed by atoms with Crippen LogP contribution in [0.5, 0.6) is 0 Å². The number of rotatable bonds is 2. The summed E-state index contributed by atoms with van der Waals surface area (Å²) < 4.78 is 4.87. The molecule has 0 saturated carbocycles. The zero-order chi connectivity index (χ0) is 9.97. The largest absolute Gasteiger partial charge is 0.472 e. The van der Waals surface area contributed by atoms with Crippen molar-refractivity contribution in [3.05, 3.63) is 60.6 Å². The lowest BCUT2D eigenvalue weighted by atomic mass is 9.89. The SMILES string of the molecule is C=C1C=CC=CC1C(=O)c1ccoc1. The van der Waals surface area contributed by atoms with E-state index in [-0.39, 0.29) is 11.7 Å². The van der Waals surface area contributed by atoms with Crippen molar-refractivity contribution in [3.63, 3.8) is 0 Å². The fraction of sp³-hybridized carbons (Fsp3) is 0.0833. The summed E-state index contributed by atoms with van der Waals surface area (Å²) in [5, 5.41) is 0. The Kier molecular flexibility index (Phi) is 2.19. The van der Waals surface area contributed by atoms with Crippen molar-refractivity contribution in [1.82, 2.24) is 0 Å². The first-order valence-corrected chi connectivity index (χ1v) is 4.39. The van der Waals surface area contributed by atoms with Gasteiger partial charge in [-0.05, 0) is 11.6 Å². The first kappa shape index (κ1) is 8.75. The summed E-state index contributed by atoms with van der Waals surface area (Å²) in [5.41, 5.74) is 1.41. The fourth-order valence-corrected chi connectivity index (χ4v) is 1.42. The van der Waals surface area contributed by atoms with E-state index in [9.17, 15) is 4.79 Å². The van der Waals surface area contributed by atoms with E-state index in [4.69, 9.17) is 4.42 Å². The zero-order valence-electron chi connectivity index (χ0n) is 7.64. The van der Waals surface area contributed by atoms with Gasteiger partial charge in [-0.3, -0.25) is 4.79 Å². The van der Waals surface area contributed by atoms with Gasteiger partial charge >= 0.3 is 0 Å². The van der Waals surface area contributed by atoms with Crippen LogP contribution >= 0.6 is 0 Å². The van der Waals surface area contributed by atoms with Crippen LogP contribution in [0.2, 0.25) is 0 Å². The van der Waals surface area contributed by atoms with Gasteiger partial charge in [-0.25, -0.2) is 0 Å². The molecule has 0 saturated heterocycles. The quantitative estimate of drug-likeness (QED) is 0.665. The lowest BCUT2D eigenvalue weighted by Crippen LogP contribution is -2.14. The van der Waals surface area contributed by atoms with Gasteiger partial charge in [0.05, 0.1) is 17.7 Å². The summed E-state index contributed by atoms with van der Waals surface area (Å²) in [4.78, 5) is 11.9. The highest BCUT2D eigenvalue weighted by atomic mass is 16.3. The van der Waals surface area contributed by atoms with Gasteiger partial charge in [-0.2, -0.15) is 0 Å². The summed E-state index contributed by atoms with van der Waals surface area (Å²) in [6.45, 7) is 3.84. The minimum Gasteiger partial charge on any atom is -0.472 e. The molecule has 1 atom stereocenters. The van der Waals surface area contributed by atoms with Gasteiger partial charge in [0.15, 0.2) is 5.78 Å². The molecule has 0 fully saturated rings. The summed E-state index contributed by atoms with van der Waals surface area (Å²) in [6.07, 6.45) is 10.4. The molecule has 0 bridgehead atoms. The highest BCUT2D eigenvalue weighted by molar-refractivity contribution is 6.00. The Morgan fingerprint density at radius 3 is 2.93 bits per heavy atom. The van der Waals surface area contributed by atoms with Crippen molar-refractivity contribution >= 4 is 5.78 Å². The van der Waals surface area contributed by atoms with Gasteiger partial charge in [0, 0.05) is 0 Å². The number of carbonyl (C=O) groups is 1. The number of Topliss-reactive ketones (excluding diaryl/α,β-unsaturated/α-hetero) is 1. The zero-order valence-corrected chi connectivity index (χ0v) is 7.64. The maximum Gasteiger partial charge on any atom is 0.177 e. The van der Waals surface area contributed by atoms with Gasteiger partial charge in [-0.1, -0.05) is 30.9 Å². The smallest absolute Gasteiger partial charge is 0.177 e. The lowest BCUT2D eigenvalue weighted by molar-refractivity contribution is 0.0961. The van der Waals surface area contributed by atoms with Crippen LogP contribution < -0.4 is 0 Å². The number of allylic oxidation sites excluding steroid dienone is 5. The first-order chi connectivity index (χ1) is 6.79. The Labute approximate surface area is 82.2 Å².